The Hall–Kier alpha value is -0.673. The first kappa shape index (κ1) is 19.6. The molecule has 0 aliphatic carbocycles. The zero-order valence-electron chi connectivity index (χ0n) is 14.3. The molecule has 2 rings (SSSR count). The van der Waals surface area contributed by atoms with Crippen LogP contribution in [0.25, 0.3) is 11.0 Å². The van der Waals surface area contributed by atoms with Crippen molar-refractivity contribution in [3.8, 4) is 0 Å². The largest absolute Gasteiger partial charge is 0.396 e. The third-order valence-corrected chi connectivity index (χ3v) is 5.97. The number of halogens is 2. The molecule has 0 aromatic carbocycles. The van der Waals surface area contributed by atoms with Crippen LogP contribution in [0.15, 0.2) is 10.7 Å². The lowest BCUT2D eigenvalue weighted by molar-refractivity contribution is 0.0898. The van der Waals surface area contributed by atoms with Crippen LogP contribution in [0.3, 0.4) is 0 Å². The first-order valence-electron chi connectivity index (χ1n) is 7.96. The van der Waals surface area contributed by atoms with Gasteiger partial charge in [0, 0.05) is 38.5 Å². The van der Waals surface area contributed by atoms with E-state index in [0.29, 0.717) is 25.5 Å². The Morgan fingerprint density at radius 2 is 2.12 bits per heavy atom. The quantitative estimate of drug-likeness (QED) is 0.354. The van der Waals surface area contributed by atoms with E-state index in [-0.39, 0.29) is 11.9 Å². The normalized spacial score (nSPS) is 12.1. The maximum Gasteiger partial charge on any atom is 0.226 e. The van der Waals surface area contributed by atoms with Crippen LogP contribution in [-0.2, 0) is 11.5 Å². The van der Waals surface area contributed by atoms with E-state index in [2.05, 4.69) is 50.9 Å². The number of anilines is 1. The van der Waals surface area contributed by atoms with Crippen molar-refractivity contribution in [1.82, 2.24) is 14.5 Å². The molecule has 0 spiro atoms. The second kappa shape index (κ2) is 8.62. The molecule has 0 saturated heterocycles. The minimum atomic E-state index is -1.10. The van der Waals surface area contributed by atoms with Gasteiger partial charge in [0.2, 0.25) is 5.28 Å². The number of nitrogens with one attached hydrogen (secondary N) is 1. The maximum absolute atomic E-state index is 8.92. The zero-order valence-corrected chi connectivity index (χ0v) is 17.6. The monoisotopic (exact) mass is 434 g/mol. The molecule has 0 unspecified atom stereocenters. The van der Waals surface area contributed by atoms with Gasteiger partial charge in [0.15, 0.2) is 0 Å². The molecule has 9 heteroatoms. The second-order valence-electron chi connectivity index (χ2n) is 6.84. The zero-order chi connectivity index (χ0) is 17.7. The summed E-state index contributed by atoms with van der Waals surface area (Å²) in [5.74, 6) is 0.658. The van der Waals surface area contributed by atoms with Gasteiger partial charge in [-0.3, -0.25) is 0 Å². The average Bonchev–Trinajstić information content (AvgIpc) is 2.79. The van der Waals surface area contributed by atoms with Gasteiger partial charge in [-0.25, -0.2) is 4.98 Å². The second-order valence-corrected chi connectivity index (χ2v) is 13.7. The molecule has 0 saturated carbocycles. The van der Waals surface area contributed by atoms with Crippen LogP contribution in [0.5, 0.6) is 0 Å². The van der Waals surface area contributed by atoms with E-state index >= 15 is 0 Å². The lowest BCUT2D eigenvalue weighted by Gasteiger charge is -2.15. The van der Waals surface area contributed by atoms with Crippen molar-refractivity contribution in [2.24, 2.45) is 0 Å². The van der Waals surface area contributed by atoms with Gasteiger partial charge in [-0.2, -0.15) is 4.98 Å². The molecule has 0 atom stereocenters. The highest BCUT2D eigenvalue weighted by atomic mass is 79.9. The van der Waals surface area contributed by atoms with Crippen molar-refractivity contribution < 1.29 is 9.84 Å². The summed E-state index contributed by atoms with van der Waals surface area (Å²) >= 11 is 9.62. The van der Waals surface area contributed by atoms with Gasteiger partial charge in [0.25, 0.3) is 0 Å². The van der Waals surface area contributed by atoms with Crippen molar-refractivity contribution in [2.75, 3.05) is 25.1 Å². The van der Waals surface area contributed by atoms with Gasteiger partial charge in [-0.05, 0) is 40.0 Å². The fourth-order valence-corrected chi connectivity index (χ4v) is 3.70. The maximum atomic E-state index is 8.92. The smallest absolute Gasteiger partial charge is 0.226 e. The summed E-state index contributed by atoms with van der Waals surface area (Å²) in [5.41, 5.74) is 0.723. The van der Waals surface area contributed by atoms with Gasteiger partial charge in [0.1, 0.15) is 18.2 Å². The van der Waals surface area contributed by atoms with E-state index in [0.717, 1.165) is 28.2 Å². The molecule has 0 aliphatic rings. The molecule has 0 aliphatic heterocycles. The standard InChI is InChI=1S/C15H24BrClN4O2Si/c1-24(2,3)8-7-23-10-21-9-11(16)12-13(18-5-4-6-22)19-15(17)20-14(12)21/h9,22H,4-8,10H2,1-3H3,(H,18,19,20). The van der Waals surface area contributed by atoms with Gasteiger partial charge >= 0.3 is 0 Å². The Balaban J connectivity index is 2.17. The van der Waals surface area contributed by atoms with Crippen molar-refractivity contribution in [3.05, 3.63) is 16.0 Å². The summed E-state index contributed by atoms with van der Waals surface area (Å²) in [5, 5.41) is 13.2. The van der Waals surface area contributed by atoms with Crippen molar-refractivity contribution in [3.63, 3.8) is 0 Å². The van der Waals surface area contributed by atoms with Crippen LogP contribution in [0.2, 0.25) is 31.0 Å². The van der Waals surface area contributed by atoms with Crippen LogP contribution in [0.1, 0.15) is 6.42 Å². The SMILES string of the molecule is C[Si](C)(C)CCOCn1cc(Br)c2c(NCCCO)nc(Cl)nc21. The molecule has 2 N–H and O–H groups in total. The minimum Gasteiger partial charge on any atom is -0.396 e. The lowest BCUT2D eigenvalue weighted by atomic mass is 10.3. The highest BCUT2D eigenvalue weighted by Crippen LogP contribution is 2.31. The number of rotatable bonds is 9. The third kappa shape index (κ3) is 5.42. The fourth-order valence-electron chi connectivity index (χ4n) is 2.17. The summed E-state index contributed by atoms with van der Waals surface area (Å²) in [6.45, 7) is 8.90. The summed E-state index contributed by atoms with van der Waals surface area (Å²) in [4.78, 5) is 8.60. The Labute approximate surface area is 156 Å². The molecule has 2 aromatic rings. The van der Waals surface area contributed by atoms with Crippen LogP contribution >= 0.6 is 27.5 Å². The number of fused-ring (bicyclic) bond motifs is 1. The summed E-state index contributed by atoms with van der Waals surface area (Å²) in [6, 6.07) is 1.12. The minimum absolute atomic E-state index is 0.127. The van der Waals surface area contributed by atoms with Gasteiger partial charge in [0.05, 0.1) is 5.39 Å². The van der Waals surface area contributed by atoms with Crippen LogP contribution in [-0.4, -0.2) is 47.5 Å². The number of ether oxygens (including phenoxy) is 1. The number of aliphatic hydroxyl groups is 1. The highest BCUT2D eigenvalue weighted by Gasteiger charge is 2.16. The molecule has 0 fully saturated rings. The lowest BCUT2D eigenvalue weighted by Crippen LogP contribution is -2.22. The van der Waals surface area contributed by atoms with E-state index in [1.54, 1.807) is 0 Å². The van der Waals surface area contributed by atoms with Gasteiger partial charge in [-0.15, -0.1) is 0 Å². The Morgan fingerprint density at radius 3 is 2.79 bits per heavy atom. The Kier molecular flexibility index (Phi) is 7.06. The summed E-state index contributed by atoms with van der Waals surface area (Å²) < 4.78 is 8.62. The predicted octanol–water partition coefficient (Wildman–Crippen LogP) is 3.95. The molecule has 2 heterocycles. The topological polar surface area (TPSA) is 72.2 Å². The molecule has 134 valence electrons. The molecular formula is C15H24BrClN4O2Si. The fraction of sp³-hybridized carbons (Fsp3) is 0.600. The molecular weight excluding hydrogens is 412 g/mol. The molecule has 0 bridgehead atoms. The summed E-state index contributed by atoms with van der Waals surface area (Å²) in [6.07, 6.45) is 2.57. The highest BCUT2D eigenvalue weighted by molar-refractivity contribution is 9.10. The van der Waals surface area contributed by atoms with E-state index in [1.807, 2.05) is 10.8 Å². The van der Waals surface area contributed by atoms with Crippen molar-refractivity contribution >= 4 is 52.5 Å². The Bertz CT molecular complexity index is 690. The number of hydrogen-bond donors (Lipinski definition) is 2. The third-order valence-electron chi connectivity index (χ3n) is 3.50. The van der Waals surface area contributed by atoms with Crippen LogP contribution in [0, 0.1) is 0 Å². The molecule has 24 heavy (non-hydrogen) atoms. The van der Waals surface area contributed by atoms with Gasteiger partial charge in [-0.1, -0.05) is 19.6 Å². The van der Waals surface area contributed by atoms with E-state index in [4.69, 9.17) is 21.4 Å². The van der Waals surface area contributed by atoms with E-state index in [9.17, 15) is 0 Å². The number of aromatic nitrogens is 3. The van der Waals surface area contributed by atoms with Crippen molar-refractivity contribution in [2.45, 2.75) is 38.8 Å². The molecule has 2 aromatic heterocycles. The predicted molar refractivity (Wildman–Crippen MR) is 105 cm³/mol. The van der Waals surface area contributed by atoms with Crippen LogP contribution in [0.4, 0.5) is 5.82 Å². The molecule has 0 amide bonds. The first-order valence-corrected chi connectivity index (χ1v) is 12.8. The summed E-state index contributed by atoms with van der Waals surface area (Å²) in [7, 11) is -1.10. The number of nitrogens with zero attached hydrogens (tertiary/aromatic N) is 3. The van der Waals surface area contributed by atoms with E-state index in [1.165, 1.54) is 0 Å². The average molecular weight is 436 g/mol. The molecule has 6 nitrogen and oxygen atoms in total. The van der Waals surface area contributed by atoms with Gasteiger partial charge < -0.3 is 19.7 Å². The van der Waals surface area contributed by atoms with Crippen LogP contribution < -0.4 is 5.32 Å². The number of aliphatic hydroxyl groups excluding tert-OH is 1. The Morgan fingerprint density at radius 1 is 1.38 bits per heavy atom. The van der Waals surface area contributed by atoms with Crippen molar-refractivity contribution in [1.29, 1.82) is 0 Å². The number of hydrogen-bond acceptors (Lipinski definition) is 5. The molecule has 0 radical (unpaired) electrons. The first-order chi connectivity index (χ1) is 11.3. The van der Waals surface area contributed by atoms with E-state index < -0.39 is 8.07 Å².